The fourth-order valence-corrected chi connectivity index (χ4v) is 2.23. The maximum atomic E-state index is 5.33. The highest BCUT2D eigenvalue weighted by Gasteiger charge is 2.13. The third-order valence-electron chi connectivity index (χ3n) is 3.43. The first-order valence-electron chi connectivity index (χ1n) is 7.59. The van der Waals surface area contributed by atoms with E-state index in [-0.39, 0.29) is 0 Å². The molecule has 0 aliphatic carbocycles. The SMILES string of the molecule is CCCNC(C)CCc1nc(-c2ncc(C)cc2C)no1. The number of rotatable bonds is 7. The van der Waals surface area contributed by atoms with Crippen LogP contribution in [0.2, 0.25) is 0 Å². The van der Waals surface area contributed by atoms with Gasteiger partial charge in [0, 0.05) is 18.7 Å². The Morgan fingerprint density at radius 3 is 2.86 bits per heavy atom. The zero-order valence-electron chi connectivity index (χ0n) is 13.3. The fourth-order valence-electron chi connectivity index (χ4n) is 2.23. The minimum Gasteiger partial charge on any atom is -0.339 e. The van der Waals surface area contributed by atoms with Crippen molar-refractivity contribution in [3.05, 3.63) is 29.3 Å². The van der Waals surface area contributed by atoms with Crippen molar-refractivity contribution in [1.82, 2.24) is 20.4 Å². The van der Waals surface area contributed by atoms with Crippen molar-refractivity contribution >= 4 is 0 Å². The molecule has 1 unspecified atom stereocenters. The standard InChI is InChI=1S/C16H24N4O/c1-5-8-17-13(4)6-7-14-19-16(20-21-14)15-12(3)9-11(2)10-18-15/h9-10,13,17H,5-8H2,1-4H3. The lowest BCUT2D eigenvalue weighted by atomic mass is 10.1. The Morgan fingerprint density at radius 1 is 1.33 bits per heavy atom. The number of nitrogens with zero attached hydrogens (tertiary/aromatic N) is 3. The quantitative estimate of drug-likeness (QED) is 0.848. The molecule has 2 aromatic heterocycles. The molecule has 5 heteroatoms. The van der Waals surface area contributed by atoms with Crippen molar-refractivity contribution < 1.29 is 4.52 Å². The molecule has 2 aromatic rings. The summed E-state index contributed by atoms with van der Waals surface area (Å²) >= 11 is 0. The Labute approximate surface area is 126 Å². The molecule has 0 aromatic carbocycles. The van der Waals surface area contributed by atoms with Crippen LogP contribution >= 0.6 is 0 Å². The molecule has 21 heavy (non-hydrogen) atoms. The largest absolute Gasteiger partial charge is 0.339 e. The zero-order chi connectivity index (χ0) is 15.2. The van der Waals surface area contributed by atoms with E-state index in [9.17, 15) is 0 Å². The van der Waals surface area contributed by atoms with E-state index in [0.29, 0.717) is 17.8 Å². The van der Waals surface area contributed by atoms with E-state index in [0.717, 1.165) is 42.6 Å². The van der Waals surface area contributed by atoms with Crippen molar-refractivity contribution in [2.24, 2.45) is 0 Å². The Kier molecular flexibility index (Phi) is 5.44. The number of hydrogen-bond donors (Lipinski definition) is 1. The molecule has 0 bridgehead atoms. The lowest BCUT2D eigenvalue weighted by molar-refractivity contribution is 0.367. The molecule has 1 atom stereocenters. The Hall–Kier alpha value is -1.75. The van der Waals surface area contributed by atoms with Crippen LogP contribution in [0.1, 0.15) is 43.7 Å². The highest BCUT2D eigenvalue weighted by Crippen LogP contribution is 2.18. The van der Waals surface area contributed by atoms with Crippen LogP contribution in [0.15, 0.2) is 16.8 Å². The smallest absolute Gasteiger partial charge is 0.227 e. The predicted molar refractivity (Wildman–Crippen MR) is 83.1 cm³/mol. The van der Waals surface area contributed by atoms with Gasteiger partial charge in [0.05, 0.1) is 0 Å². The first-order chi connectivity index (χ1) is 10.1. The van der Waals surface area contributed by atoms with E-state index < -0.39 is 0 Å². The van der Waals surface area contributed by atoms with Gasteiger partial charge in [0.1, 0.15) is 5.69 Å². The summed E-state index contributed by atoms with van der Waals surface area (Å²) in [7, 11) is 0. The van der Waals surface area contributed by atoms with Crippen LogP contribution in [-0.4, -0.2) is 27.7 Å². The summed E-state index contributed by atoms with van der Waals surface area (Å²) in [6.07, 6.45) is 4.75. The van der Waals surface area contributed by atoms with Gasteiger partial charge in [0.2, 0.25) is 11.7 Å². The topological polar surface area (TPSA) is 63.8 Å². The molecule has 2 heterocycles. The minimum atomic E-state index is 0.458. The van der Waals surface area contributed by atoms with Crippen molar-refractivity contribution in [3.63, 3.8) is 0 Å². The number of aryl methyl sites for hydroxylation is 3. The lowest BCUT2D eigenvalue weighted by Crippen LogP contribution is -2.27. The third kappa shape index (κ3) is 4.36. The van der Waals surface area contributed by atoms with E-state index in [2.05, 4.69) is 40.4 Å². The Balaban J connectivity index is 1.98. The lowest BCUT2D eigenvalue weighted by Gasteiger charge is -2.10. The Morgan fingerprint density at radius 2 is 2.14 bits per heavy atom. The maximum Gasteiger partial charge on any atom is 0.227 e. The molecular weight excluding hydrogens is 264 g/mol. The van der Waals surface area contributed by atoms with Gasteiger partial charge >= 0.3 is 0 Å². The fraction of sp³-hybridized carbons (Fsp3) is 0.562. The van der Waals surface area contributed by atoms with Crippen LogP contribution in [0, 0.1) is 13.8 Å². The van der Waals surface area contributed by atoms with Gasteiger partial charge < -0.3 is 9.84 Å². The van der Waals surface area contributed by atoms with Gasteiger partial charge in [-0.05, 0) is 51.3 Å². The van der Waals surface area contributed by atoms with Gasteiger partial charge in [-0.15, -0.1) is 0 Å². The minimum absolute atomic E-state index is 0.458. The average molecular weight is 288 g/mol. The van der Waals surface area contributed by atoms with Crippen LogP contribution in [0.25, 0.3) is 11.5 Å². The molecule has 114 valence electrons. The molecule has 1 N–H and O–H groups in total. The predicted octanol–water partition coefficient (Wildman–Crippen LogP) is 3.07. The summed E-state index contributed by atoms with van der Waals surface area (Å²) in [5.41, 5.74) is 3.00. The van der Waals surface area contributed by atoms with E-state index >= 15 is 0 Å². The molecule has 0 saturated carbocycles. The van der Waals surface area contributed by atoms with Crippen LogP contribution in [0.4, 0.5) is 0 Å². The molecule has 0 fully saturated rings. The van der Waals surface area contributed by atoms with Crippen LogP contribution in [0.5, 0.6) is 0 Å². The summed E-state index contributed by atoms with van der Waals surface area (Å²) in [5, 5.41) is 7.50. The molecule has 0 aliphatic rings. The van der Waals surface area contributed by atoms with Gasteiger partial charge in [0.15, 0.2) is 0 Å². The van der Waals surface area contributed by atoms with Crippen molar-refractivity contribution in [3.8, 4) is 11.5 Å². The monoisotopic (exact) mass is 288 g/mol. The number of hydrogen-bond acceptors (Lipinski definition) is 5. The van der Waals surface area contributed by atoms with Crippen LogP contribution in [0.3, 0.4) is 0 Å². The van der Waals surface area contributed by atoms with Crippen molar-refractivity contribution in [2.75, 3.05) is 6.54 Å². The van der Waals surface area contributed by atoms with Crippen molar-refractivity contribution in [1.29, 1.82) is 0 Å². The second-order valence-electron chi connectivity index (χ2n) is 5.58. The molecule has 0 saturated heterocycles. The zero-order valence-corrected chi connectivity index (χ0v) is 13.3. The molecule has 2 rings (SSSR count). The highest BCUT2D eigenvalue weighted by molar-refractivity contribution is 5.53. The number of aromatic nitrogens is 3. The van der Waals surface area contributed by atoms with Gasteiger partial charge in [-0.2, -0.15) is 4.98 Å². The van der Waals surface area contributed by atoms with E-state index in [1.807, 2.05) is 20.0 Å². The number of pyridine rings is 1. The second kappa shape index (κ2) is 7.31. The normalized spacial score (nSPS) is 12.6. The third-order valence-corrected chi connectivity index (χ3v) is 3.43. The summed E-state index contributed by atoms with van der Waals surface area (Å²) in [5.74, 6) is 1.26. The first kappa shape index (κ1) is 15.6. The summed E-state index contributed by atoms with van der Waals surface area (Å²) in [6, 6.07) is 2.54. The van der Waals surface area contributed by atoms with E-state index in [4.69, 9.17) is 4.52 Å². The summed E-state index contributed by atoms with van der Waals surface area (Å²) in [4.78, 5) is 8.85. The number of nitrogens with one attached hydrogen (secondary N) is 1. The second-order valence-corrected chi connectivity index (χ2v) is 5.58. The van der Waals surface area contributed by atoms with Gasteiger partial charge in [-0.1, -0.05) is 18.1 Å². The highest BCUT2D eigenvalue weighted by atomic mass is 16.5. The molecule has 0 aliphatic heterocycles. The molecule has 5 nitrogen and oxygen atoms in total. The maximum absolute atomic E-state index is 5.33. The average Bonchev–Trinajstić information content (AvgIpc) is 2.91. The Bertz CT molecular complexity index is 579. The summed E-state index contributed by atoms with van der Waals surface area (Å²) < 4.78 is 5.33. The van der Waals surface area contributed by atoms with Crippen molar-refractivity contribution in [2.45, 2.75) is 53.0 Å². The van der Waals surface area contributed by atoms with Gasteiger partial charge in [-0.25, -0.2) is 0 Å². The van der Waals surface area contributed by atoms with Gasteiger partial charge in [0.25, 0.3) is 0 Å². The van der Waals surface area contributed by atoms with E-state index in [1.54, 1.807) is 0 Å². The van der Waals surface area contributed by atoms with E-state index in [1.165, 1.54) is 0 Å². The van der Waals surface area contributed by atoms with Gasteiger partial charge in [-0.3, -0.25) is 4.98 Å². The molecule has 0 radical (unpaired) electrons. The summed E-state index contributed by atoms with van der Waals surface area (Å²) in [6.45, 7) is 9.43. The molecular formula is C16H24N4O. The molecule has 0 amide bonds. The molecule has 0 spiro atoms. The van der Waals surface area contributed by atoms with Crippen LogP contribution < -0.4 is 5.32 Å². The van der Waals surface area contributed by atoms with Crippen LogP contribution in [-0.2, 0) is 6.42 Å². The first-order valence-corrected chi connectivity index (χ1v) is 7.59.